The fourth-order valence-corrected chi connectivity index (χ4v) is 3.84. The van der Waals surface area contributed by atoms with Crippen molar-refractivity contribution >= 4 is 46.4 Å². The van der Waals surface area contributed by atoms with Crippen LogP contribution in [0.5, 0.6) is 0 Å². The first-order valence-electron chi connectivity index (χ1n) is 8.24. The molecule has 1 aliphatic heterocycles. The number of hydrogen-bond donors (Lipinski definition) is 1. The highest BCUT2D eigenvalue weighted by Crippen LogP contribution is 2.28. The smallest absolute Gasteiger partial charge is 0.228 e. The van der Waals surface area contributed by atoms with Gasteiger partial charge in [0.25, 0.3) is 0 Å². The highest BCUT2D eigenvalue weighted by atomic mass is 35.5. The van der Waals surface area contributed by atoms with E-state index in [1.807, 2.05) is 30.3 Å². The zero-order valence-electron chi connectivity index (χ0n) is 13.6. The van der Waals surface area contributed by atoms with Crippen molar-refractivity contribution in [2.45, 2.75) is 19.4 Å². The zero-order chi connectivity index (χ0) is 17.8. The lowest BCUT2D eigenvalue weighted by Gasteiger charge is -2.32. The summed E-state index contributed by atoms with van der Waals surface area (Å²) in [5, 5.41) is 4.89. The fraction of sp³-hybridized carbons (Fsp3) is 0.316. The molecule has 0 spiro atoms. The summed E-state index contributed by atoms with van der Waals surface area (Å²) in [5.41, 5.74) is 1.64. The number of hydrogen-bond acceptors (Lipinski definition) is 2. The topological polar surface area (TPSA) is 32.3 Å². The summed E-state index contributed by atoms with van der Waals surface area (Å²) < 4.78 is 0. The molecule has 1 saturated heterocycles. The van der Waals surface area contributed by atoms with Gasteiger partial charge in [-0.05, 0) is 49.7 Å². The van der Waals surface area contributed by atoms with E-state index in [1.165, 1.54) is 0 Å². The van der Waals surface area contributed by atoms with Crippen molar-refractivity contribution in [3.63, 3.8) is 0 Å². The van der Waals surface area contributed by atoms with E-state index in [0.29, 0.717) is 28.2 Å². The van der Waals surface area contributed by atoms with Crippen LogP contribution in [0.2, 0.25) is 15.1 Å². The number of piperidine rings is 1. The summed E-state index contributed by atoms with van der Waals surface area (Å²) in [6.07, 6.45) is 1.84. The molecule has 2 aromatic carbocycles. The molecule has 1 atom stereocenters. The molecular weight excluding hydrogens is 379 g/mol. The van der Waals surface area contributed by atoms with Crippen LogP contribution in [0.3, 0.4) is 0 Å². The van der Waals surface area contributed by atoms with Crippen LogP contribution >= 0.6 is 34.8 Å². The number of likely N-dealkylation sites (tertiary alicyclic amines) is 1. The lowest BCUT2D eigenvalue weighted by atomic mass is 9.96. The van der Waals surface area contributed by atoms with Gasteiger partial charge in [-0.25, -0.2) is 0 Å². The van der Waals surface area contributed by atoms with Gasteiger partial charge in [-0.15, -0.1) is 0 Å². The van der Waals surface area contributed by atoms with Crippen molar-refractivity contribution < 1.29 is 4.79 Å². The predicted octanol–water partition coefficient (Wildman–Crippen LogP) is 5.50. The molecular formula is C19H19Cl3N2O. The highest BCUT2D eigenvalue weighted by molar-refractivity contribution is 6.36. The van der Waals surface area contributed by atoms with E-state index in [4.69, 9.17) is 34.8 Å². The third-order valence-corrected chi connectivity index (χ3v) is 5.36. The summed E-state index contributed by atoms with van der Waals surface area (Å²) >= 11 is 18.5. The Kier molecular flexibility index (Phi) is 6.24. The Bertz CT molecular complexity index is 746. The second-order valence-electron chi connectivity index (χ2n) is 6.27. The molecule has 2 aromatic rings. The number of nitrogens with zero attached hydrogens (tertiary/aromatic N) is 1. The Balaban J connectivity index is 1.63. The normalized spacial score (nSPS) is 18.1. The molecule has 1 fully saturated rings. The lowest BCUT2D eigenvalue weighted by molar-refractivity contribution is -0.121. The molecule has 0 radical (unpaired) electrons. The molecule has 0 aromatic heterocycles. The Morgan fingerprint density at radius 2 is 1.84 bits per heavy atom. The third kappa shape index (κ3) is 4.89. The number of rotatable bonds is 4. The molecule has 132 valence electrons. The summed E-state index contributed by atoms with van der Waals surface area (Å²) in [6.45, 7) is 2.27. The molecule has 1 amide bonds. The molecule has 25 heavy (non-hydrogen) atoms. The molecule has 3 nitrogen and oxygen atoms in total. The molecule has 0 bridgehead atoms. The molecule has 0 unspecified atom stereocenters. The molecule has 6 heteroatoms. The second kappa shape index (κ2) is 8.41. The van der Waals surface area contributed by atoms with Crippen molar-refractivity contribution in [1.29, 1.82) is 0 Å². The SMILES string of the molecule is O=C(Nc1cccc(Cl)c1)[C@@H]1CCCN(Cc2c(Cl)cccc2Cl)C1. The maximum absolute atomic E-state index is 12.6. The number of anilines is 1. The number of benzene rings is 2. The van der Waals surface area contributed by atoms with Crippen LogP contribution in [-0.4, -0.2) is 23.9 Å². The van der Waals surface area contributed by atoms with Crippen LogP contribution in [0.15, 0.2) is 42.5 Å². The average molecular weight is 398 g/mol. The number of amides is 1. The minimum Gasteiger partial charge on any atom is -0.326 e. The highest BCUT2D eigenvalue weighted by Gasteiger charge is 2.26. The van der Waals surface area contributed by atoms with E-state index in [9.17, 15) is 4.79 Å². The van der Waals surface area contributed by atoms with Crippen LogP contribution in [0.25, 0.3) is 0 Å². The van der Waals surface area contributed by atoms with E-state index in [-0.39, 0.29) is 11.8 Å². The van der Waals surface area contributed by atoms with E-state index < -0.39 is 0 Å². The van der Waals surface area contributed by atoms with Gasteiger partial charge >= 0.3 is 0 Å². The monoisotopic (exact) mass is 396 g/mol. The fourth-order valence-electron chi connectivity index (χ4n) is 3.13. The van der Waals surface area contributed by atoms with Gasteiger partial charge in [-0.3, -0.25) is 9.69 Å². The Hall–Kier alpha value is -1.26. The number of carbonyl (C=O) groups excluding carboxylic acids is 1. The molecule has 3 rings (SSSR count). The average Bonchev–Trinajstić information content (AvgIpc) is 2.58. The van der Waals surface area contributed by atoms with Crippen LogP contribution in [0.4, 0.5) is 5.69 Å². The van der Waals surface area contributed by atoms with Crippen molar-refractivity contribution in [1.82, 2.24) is 4.90 Å². The van der Waals surface area contributed by atoms with Crippen molar-refractivity contribution in [2.75, 3.05) is 18.4 Å². The van der Waals surface area contributed by atoms with Crippen LogP contribution in [0, 0.1) is 5.92 Å². The van der Waals surface area contributed by atoms with Crippen molar-refractivity contribution in [3.8, 4) is 0 Å². The van der Waals surface area contributed by atoms with E-state index in [1.54, 1.807) is 12.1 Å². The number of halogens is 3. The first-order valence-corrected chi connectivity index (χ1v) is 9.38. The maximum atomic E-state index is 12.6. The predicted molar refractivity (Wildman–Crippen MR) is 105 cm³/mol. The van der Waals surface area contributed by atoms with Gasteiger partial charge < -0.3 is 5.32 Å². The maximum Gasteiger partial charge on any atom is 0.228 e. The van der Waals surface area contributed by atoms with Gasteiger partial charge in [0.2, 0.25) is 5.91 Å². The van der Waals surface area contributed by atoms with Gasteiger partial charge in [0.1, 0.15) is 0 Å². The minimum absolute atomic E-state index is 0.0252. The van der Waals surface area contributed by atoms with Crippen molar-refractivity contribution in [3.05, 3.63) is 63.1 Å². The Labute approximate surface area is 162 Å². The van der Waals surface area contributed by atoms with Crippen LogP contribution in [-0.2, 0) is 11.3 Å². The second-order valence-corrected chi connectivity index (χ2v) is 7.52. The molecule has 1 heterocycles. The Morgan fingerprint density at radius 1 is 1.12 bits per heavy atom. The first kappa shape index (κ1) is 18.5. The first-order chi connectivity index (χ1) is 12.0. The minimum atomic E-state index is -0.0611. The molecule has 1 aliphatic rings. The molecule has 1 N–H and O–H groups in total. The van der Waals surface area contributed by atoms with Gasteiger partial charge in [0.05, 0.1) is 5.92 Å². The van der Waals surface area contributed by atoms with Crippen LogP contribution < -0.4 is 5.32 Å². The Morgan fingerprint density at radius 3 is 2.56 bits per heavy atom. The molecule has 0 saturated carbocycles. The van der Waals surface area contributed by atoms with Gasteiger partial charge in [-0.2, -0.15) is 0 Å². The number of carbonyl (C=O) groups is 1. The van der Waals surface area contributed by atoms with Gasteiger partial charge in [-0.1, -0.05) is 46.9 Å². The third-order valence-electron chi connectivity index (χ3n) is 4.41. The summed E-state index contributed by atoms with van der Waals surface area (Å²) in [7, 11) is 0. The standard InChI is InChI=1S/C19H19Cl3N2O/c20-14-5-1-6-15(10-14)23-19(25)13-4-3-9-24(11-13)12-16-17(21)7-2-8-18(16)22/h1-2,5-8,10,13H,3-4,9,11-12H2,(H,23,25)/t13-/m1/s1. The van der Waals surface area contributed by atoms with E-state index in [0.717, 1.165) is 30.6 Å². The molecule has 0 aliphatic carbocycles. The summed E-state index contributed by atoms with van der Waals surface area (Å²) in [5.74, 6) is -0.0359. The quantitative estimate of drug-likeness (QED) is 0.739. The van der Waals surface area contributed by atoms with Gasteiger partial charge in [0, 0.05) is 39.4 Å². The summed E-state index contributed by atoms with van der Waals surface area (Å²) in [4.78, 5) is 14.8. The zero-order valence-corrected chi connectivity index (χ0v) is 15.9. The number of nitrogens with one attached hydrogen (secondary N) is 1. The summed E-state index contributed by atoms with van der Waals surface area (Å²) in [6, 6.07) is 12.7. The van der Waals surface area contributed by atoms with Gasteiger partial charge in [0.15, 0.2) is 0 Å². The van der Waals surface area contributed by atoms with E-state index >= 15 is 0 Å². The largest absolute Gasteiger partial charge is 0.326 e. The van der Waals surface area contributed by atoms with Crippen LogP contribution in [0.1, 0.15) is 18.4 Å². The lowest BCUT2D eigenvalue weighted by Crippen LogP contribution is -2.40. The van der Waals surface area contributed by atoms with E-state index in [2.05, 4.69) is 10.2 Å². The van der Waals surface area contributed by atoms with Crippen molar-refractivity contribution in [2.24, 2.45) is 5.92 Å².